The van der Waals surface area contributed by atoms with E-state index in [-0.39, 0.29) is 0 Å². The lowest BCUT2D eigenvalue weighted by atomic mass is 10.1. The quantitative estimate of drug-likeness (QED) is 0.682. The second-order valence-corrected chi connectivity index (χ2v) is 4.59. The Morgan fingerprint density at radius 3 is 2.79 bits per heavy atom. The first-order chi connectivity index (χ1) is 6.72. The summed E-state index contributed by atoms with van der Waals surface area (Å²) in [7, 11) is 4.35. The summed E-state index contributed by atoms with van der Waals surface area (Å²) in [5.41, 5.74) is 0. The van der Waals surface area contributed by atoms with Crippen molar-refractivity contribution >= 4 is 0 Å². The van der Waals surface area contributed by atoms with Crippen molar-refractivity contribution in [2.45, 2.75) is 19.3 Å². The van der Waals surface area contributed by atoms with Crippen molar-refractivity contribution in [3.05, 3.63) is 0 Å². The summed E-state index contributed by atoms with van der Waals surface area (Å²) in [6.45, 7) is 5.06. The molecule has 1 fully saturated rings. The molecule has 14 heavy (non-hydrogen) atoms. The van der Waals surface area contributed by atoms with E-state index in [2.05, 4.69) is 23.9 Å². The third kappa shape index (κ3) is 4.40. The zero-order valence-electron chi connectivity index (χ0n) is 9.58. The minimum atomic E-state index is 0.316. The SMILES string of the molecule is CN(CCCO)CCC1CCN(C)C1. The molecule has 1 rings (SSSR count). The maximum Gasteiger partial charge on any atom is 0.0443 e. The van der Waals surface area contributed by atoms with Gasteiger partial charge >= 0.3 is 0 Å². The molecule has 1 heterocycles. The van der Waals surface area contributed by atoms with Crippen LogP contribution < -0.4 is 0 Å². The molecule has 0 amide bonds. The van der Waals surface area contributed by atoms with Crippen molar-refractivity contribution in [1.29, 1.82) is 0 Å². The van der Waals surface area contributed by atoms with E-state index in [0.717, 1.165) is 18.9 Å². The van der Waals surface area contributed by atoms with Gasteiger partial charge in [-0.05, 0) is 52.4 Å². The summed E-state index contributed by atoms with van der Waals surface area (Å²) < 4.78 is 0. The fourth-order valence-electron chi connectivity index (χ4n) is 2.12. The number of likely N-dealkylation sites (tertiary alicyclic amines) is 1. The van der Waals surface area contributed by atoms with Crippen molar-refractivity contribution < 1.29 is 5.11 Å². The van der Waals surface area contributed by atoms with E-state index in [0.29, 0.717) is 6.61 Å². The highest BCUT2D eigenvalue weighted by Crippen LogP contribution is 2.17. The Labute approximate surface area is 87.7 Å². The first-order valence-electron chi connectivity index (χ1n) is 5.70. The second-order valence-electron chi connectivity index (χ2n) is 4.59. The monoisotopic (exact) mass is 200 g/mol. The smallest absolute Gasteiger partial charge is 0.0443 e. The van der Waals surface area contributed by atoms with Crippen LogP contribution in [0.2, 0.25) is 0 Å². The second kappa shape index (κ2) is 6.38. The van der Waals surface area contributed by atoms with Gasteiger partial charge in [0, 0.05) is 19.7 Å². The normalized spacial score (nSPS) is 23.6. The summed E-state index contributed by atoms with van der Waals surface area (Å²) in [6.07, 6.45) is 3.58. The molecular weight excluding hydrogens is 176 g/mol. The molecule has 3 nitrogen and oxygen atoms in total. The van der Waals surface area contributed by atoms with Gasteiger partial charge in [-0.25, -0.2) is 0 Å². The van der Waals surface area contributed by atoms with Gasteiger partial charge in [0.25, 0.3) is 0 Å². The minimum Gasteiger partial charge on any atom is -0.396 e. The Balaban J connectivity index is 2.02. The van der Waals surface area contributed by atoms with Gasteiger partial charge in [0.2, 0.25) is 0 Å². The maximum atomic E-state index is 8.70. The Morgan fingerprint density at radius 1 is 1.43 bits per heavy atom. The molecular formula is C11H24N2O. The van der Waals surface area contributed by atoms with E-state index in [1.165, 1.54) is 32.5 Å². The molecule has 0 aliphatic carbocycles. The van der Waals surface area contributed by atoms with Crippen molar-refractivity contribution in [2.24, 2.45) is 5.92 Å². The number of nitrogens with zero attached hydrogens (tertiary/aromatic N) is 2. The molecule has 1 atom stereocenters. The molecule has 3 heteroatoms. The Hall–Kier alpha value is -0.120. The van der Waals surface area contributed by atoms with Crippen LogP contribution in [-0.2, 0) is 0 Å². The molecule has 0 spiro atoms. The van der Waals surface area contributed by atoms with Crippen LogP contribution in [0.5, 0.6) is 0 Å². The number of hydrogen-bond donors (Lipinski definition) is 1. The van der Waals surface area contributed by atoms with E-state index in [1.54, 1.807) is 0 Å². The van der Waals surface area contributed by atoms with Gasteiger partial charge in [0.15, 0.2) is 0 Å². The van der Waals surface area contributed by atoms with Gasteiger partial charge in [0.05, 0.1) is 0 Å². The van der Waals surface area contributed by atoms with Crippen LogP contribution in [0.1, 0.15) is 19.3 Å². The van der Waals surface area contributed by atoms with Gasteiger partial charge in [-0.3, -0.25) is 0 Å². The number of rotatable bonds is 6. The van der Waals surface area contributed by atoms with Gasteiger partial charge < -0.3 is 14.9 Å². The van der Waals surface area contributed by atoms with E-state index in [9.17, 15) is 0 Å². The van der Waals surface area contributed by atoms with Crippen LogP contribution in [0.3, 0.4) is 0 Å². The predicted octanol–water partition coefficient (Wildman–Crippen LogP) is 0.642. The Morgan fingerprint density at radius 2 is 2.21 bits per heavy atom. The van der Waals surface area contributed by atoms with Crippen molar-refractivity contribution in [2.75, 3.05) is 46.9 Å². The molecule has 0 bridgehead atoms. The van der Waals surface area contributed by atoms with Gasteiger partial charge in [-0.1, -0.05) is 0 Å². The predicted molar refractivity (Wildman–Crippen MR) is 59.4 cm³/mol. The molecule has 1 N–H and O–H groups in total. The lowest BCUT2D eigenvalue weighted by Crippen LogP contribution is -2.24. The maximum absolute atomic E-state index is 8.70. The molecule has 0 aromatic heterocycles. The van der Waals surface area contributed by atoms with Gasteiger partial charge in [0.1, 0.15) is 0 Å². The molecule has 0 aromatic rings. The van der Waals surface area contributed by atoms with Crippen LogP contribution in [-0.4, -0.2) is 61.8 Å². The van der Waals surface area contributed by atoms with E-state index in [1.807, 2.05) is 0 Å². The average Bonchev–Trinajstić information content (AvgIpc) is 2.58. The zero-order valence-corrected chi connectivity index (χ0v) is 9.58. The molecule has 0 radical (unpaired) electrons. The van der Waals surface area contributed by atoms with Crippen LogP contribution >= 0.6 is 0 Å². The summed E-state index contributed by atoms with van der Waals surface area (Å²) in [4.78, 5) is 4.74. The lowest BCUT2D eigenvalue weighted by Gasteiger charge is -2.18. The molecule has 0 saturated carbocycles. The summed E-state index contributed by atoms with van der Waals surface area (Å²) >= 11 is 0. The van der Waals surface area contributed by atoms with Gasteiger partial charge in [-0.2, -0.15) is 0 Å². The lowest BCUT2D eigenvalue weighted by molar-refractivity contribution is 0.239. The average molecular weight is 200 g/mol. The van der Waals surface area contributed by atoms with E-state index >= 15 is 0 Å². The topological polar surface area (TPSA) is 26.7 Å². The van der Waals surface area contributed by atoms with Crippen molar-refractivity contribution in [3.63, 3.8) is 0 Å². The van der Waals surface area contributed by atoms with Crippen LogP contribution in [0.15, 0.2) is 0 Å². The molecule has 1 saturated heterocycles. The highest BCUT2D eigenvalue weighted by atomic mass is 16.3. The Bertz CT molecular complexity index is 152. The van der Waals surface area contributed by atoms with Crippen LogP contribution in [0.4, 0.5) is 0 Å². The third-order valence-corrected chi connectivity index (χ3v) is 3.11. The number of aliphatic hydroxyl groups excluding tert-OH is 1. The molecule has 1 unspecified atom stereocenters. The Kier molecular flexibility index (Phi) is 5.45. The van der Waals surface area contributed by atoms with Crippen LogP contribution in [0, 0.1) is 5.92 Å². The minimum absolute atomic E-state index is 0.316. The van der Waals surface area contributed by atoms with Crippen molar-refractivity contribution in [3.8, 4) is 0 Å². The summed E-state index contributed by atoms with van der Waals surface area (Å²) in [5, 5.41) is 8.70. The molecule has 1 aliphatic heterocycles. The van der Waals surface area contributed by atoms with Crippen LogP contribution in [0.25, 0.3) is 0 Å². The first kappa shape index (κ1) is 12.0. The zero-order chi connectivity index (χ0) is 10.4. The fourth-order valence-corrected chi connectivity index (χ4v) is 2.12. The largest absolute Gasteiger partial charge is 0.396 e. The highest BCUT2D eigenvalue weighted by Gasteiger charge is 2.19. The third-order valence-electron chi connectivity index (χ3n) is 3.11. The standard InChI is InChI=1S/C11H24N2O/c1-12(6-3-9-14)7-4-11-5-8-13(2)10-11/h11,14H,3-10H2,1-2H3. The first-order valence-corrected chi connectivity index (χ1v) is 5.70. The van der Waals surface area contributed by atoms with Gasteiger partial charge in [-0.15, -0.1) is 0 Å². The van der Waals surface area contributed by atoms with E-state index in [4.69, 9.17) is 5.11 Å². The van der Waals surface area contributed by atoms with E-state index < -0.39 is 0 Å². The number of aliphatic hydroxyl groups is 1. The molecule has 84 valence electrons. The highest BCUT2D eigenvalue weighted by molar-refractivity contribution is 4.73. The summed E-state index contributed by atoms with van der Waals surface area (Å²) in [6, 6.07) is 0. The molecule has 1 aliphatic rings. The number of hydrogen-bond acceptors (Lipinski definition) is 3. The molecule has 0 aromatic carbocycles. The fraction of sp³-hybridized carbons (Fsp3) is 1.00. The van der Waals surface area contributed by atoms with Crippen molar-refractivity contribution in [1.82, 2.24) is 9.80 Å². The summed E-state index contributed by atoms with van der Waals surface area (Å²) in [5.74, 6) is 0.900.